The molecule has 0 spiro atoms. The summed E-state index contributed by atoms with van der Waals surface area (Å²) in [6, 6.07) is 14.1. The predicted octanol–water partition coefficient (Wildman–Crippen LogP) is 4.08. The largest absolute Gasteiger partial charge is 0.496 e. The molecule has 2 rings (SSSR count). The first-order valence-corrected chi connectivity index (χ1v) is 9.25. The van der Waals surface area contributed by atoms with Crippen LogP contribution in [-0.2, 0) is 17.6 Å². The van der Waals surface area contributed by atoms with E-state index in [2.05, 4.69) is 17.4 Å². The topological polar surface area (TPSA) is 47.6 Å². The van der Waals surface area contributed by atoms with Crippen LogP contribution in [0.5, 0.6) is 11.5 Å². The third-order valence-corrected chi connectivity index (χ3v) is 4.32. The van der Waals surface area contributed by atoms with Crippen LogP contribution in [0.3, 0.4) is 0 Å². The van der Waals surface area contributed by atoms with E-state index in [-0.39, 0.29) is 5.91 Å². The van der Waals surface area contributed by atoms with E-state index in [0.717, 1.165) is 41.9 Å². The van der Waals surface area contributed by atoms with E-state index in [0.29, 0.717) is 19.6 Å². The van der Waals surface area contributed by atoms with E-state index in [9.17, 15) is 4.79 Å². The molecule has 0 atom stereocenters. The van der Waals surface area contributed by atoms with E-state index in [4.69, 9.17) is 9.47 Å². The number of hydrogen-bond acceptors (Lipinski definition) is 3. The van der Waals surface area contributed by atoms with Gasteiger partial charge in [-0.2, -0.15) is 0 Å². The Morgan fingerprint density at radius 3 is 2.62 bits per heavy atom. The number of ether oxygens (including phenoxy) is 2. The maximum Gasteiger partial charge on any atom is 0.220 e. The van der Waals surface area contributed by atoms with E-state index in [1.807, 2.05) is 44.2 Å². The van der Waals surface area contributed by atoms with Gasteiger partial charge in [-0.25, -0.2) is 0 Å². The smallest absolute Gasteiger partial charge is 0.220 e. The third-order valence-electron chi connectivity index (χ3n) is 4.32. The molecule has 0 saturated heterocycles. The van der Waals surface area contributed by atoms with Gasteiger partial charge in [0.15, 0.2) is 0 Å². The first kappa shape index (κ1) is 19.8. The zero-order chi connectivity index (χ0) is 18.8. The lowest BCUT2D eigenvalue weighted by molar-refractivity contribution is -0.121. The molecule has 0 saturated carbocycles. The fourth-order valence-electron chi connectivity index (χ4n) is 2.96. The molecule has 0 aliphatic rings. The van der Waals surface area contributed by atoms with Gasteiger partial charge >= 0.3 is 0 Å². The predicted molar refractivity (Wildman–Crippen MR) is 105 cm³/mol. The first-order valence-electron chi connectivity index (χ1n) is 9.25. The van der Waals surface area contributed by atoms with Crippen LogP contribution in [0.4, 0.5) is 0 Å². The average Bonchev–Trinajstić information content (AvgIpc) is 2.65. The number of hydrogen-bond donors (Lipinski definition) is 1. The number of benzene rings is 2. The summed E-state index contributed by atoms with van der Waals surface area (Å²) in [7, 11) is 1.67. The van der Waals surface area contributed by atoms with Crippen molar-refractivity contribution in [3.8, 4) is 11.5 Å². The van der Waals surface area contributed by atoms with Crippen molar-refractivity contribution in [2.45, 2.75) is 39.5 Å². The van der Waals surface area contributed by atoms with E-state index >= 15 is 0 Å². The van der Waals surface area contributed by atoms with E-state index in [1.165, 1.54) is 5.56 Å². The van der Waals surface area contributed by atoms with Gasteiger partial charge in [0.05, 0.1) is 13.7 Å². The monoisotopic (exact) mass is 355 g/mol. The van der Waals surface area contributed by atoms with Crippen molar-refractivity contribution in [3.63, 3.8) is 0 Å². The van der Waals surface area contributed by atoms with Gasteiger partial charge in [-0.1, -0.05) is 30.3 Å². The van der Waals surface area contributed by atoms with E-state index in [1.54, 1.807) is 7.11 Å². The molecule has 2 aromatic carbocycles. The number of amides is 1. The number of carbonyl (C=O) groups excluding carboxylic acids is 1. The van der Waals surface area contributed by atoms with Gasteiger partial charge in [0.2, 0.25) is 5.91 Å². The molecule has 0 aromatic heterocycles. The maximum absolute atomic E-state index is 12.0. The van der Waals surface area contributed by atoms with Crippen molar-refractivity contribution in [1.29, 1.82) is 0 Å². The van der Waals surface area contributed by atoms with Crippen molar-refractivity contribution in [3.05, 3.63) is 59.2 Å². The highest BCUT2D eigenvalue weighted by Gasteiger charge is 2.06. The molecule has 140 valence electrons. The number of aryl methyl sites for hydroxylation is 3. The Bertz CT molecular complexity index is 712. The molecule has 0 heterocycles. The number of methoxy groups -OCH3 is 1. The van der Waals surface area contributed by atoms with Gasteiger partial charge in [-0.05, 0) is 61.9 Å². The Labute approximate surface area is 156 Å². The Morgan fingerprint density at radius 1 is 1.08 bits per heavy atom. The van der Waals surface area contributed by atoms with Crippen molar-refractivity contribution >= 4 is 5.91 Å². The number of rotatable bonds is 10. The minimum atomic E-state index is 0.0940. The summed E-state index contributed by atoms with van der Waals surface area (Å²) in [5.41, 5.74) is 3.44. The highest BCUT2D eigenvalue weighted by atomic mass is 16.5. The van der Waals surface area contributed by atoms with Crippen LogP contribution in [0, 0.1) is 6.92 Å². The molecule has 0 aliphatic carbocycles. The lowest BCUT2D eigenvalue weighted by Crippen LogP contribution is -2.25. The molecule has 4 heteroatoms. The van der Waals surface area contributed by atoms with Crippen LogP contribution in [0.25, 0.3) is 0 Å². The van der Waals surface area contributed by atoms with Gasteiger partial charge in [-0.15, -0.1) is 0 Å². The second-order valence-corrected chi connectivity index (χ2v) is 6.30. The van der Waals surface area contributed by atoms with Gasteiger partial charge in [0.1, 0.15) is 11.5 Å². The average molecular weight is 355 g/mol. The van der Waals surface area contributed by atoms with Crippen molar-refractivity contribution in [2.75, 3.05) is 20.3 Å². The zero-order valence-electron chi connectivity index (χ0n) is 16.0. The summed E-state index contributed by atoms with van der Waals surface area (Å²) >= 11 is 0. The van der Waals surface area contributed by atoms with Crippen LogP contribution in [0.2, 0.25) is 0 Å². The summed E-state index contributed by atoms with van der Waals surface area (Å²) in [6.07, 6.45) is 3.04. The molecular formula is C22H29NO3. The summed E-state index contributed by atoms with van der Waals surface area (Å²) in [4.78, 5) is 12.0. The van der Waals surface area contributed by atoms with Gasteiger partial charge in [0, 0.05) is 13.0 Å². The molecule has 1 amide bonds. The Kier molecular flexibility index (Phi) is 8.00. The molecular weight excluding hydrogens is 326 g/mol. The Hall–Kier alpha value is -2.49. The summed E-state index contributed by atoms with van der Waals surface area (Å²) in [6.45, 7) is 5.35. The third kappa shape index (κ3) is 6.10. The number of nitrogens with one attached hydrogen (secondary N) is 1. The van der Waals surface area contributed by atoms with Gasteiger partial charge in [0.25, 0.3) is 0 Å². The van der Waals surface area contributed by atoms with Gasteiger partial charge in [-0.3, -0.25) is 4.79 Å². The molecule has 1 N–H and O–H groups in total. The number of carbonyl (C=O) groups is 1. The Balaban J connectivity index is 1.70. The fraction of sp³-hybridized carbons (Fsp3) is 0.409. The molecule has 0 unspecified atom stereocenters. The molecule has 4 nitrogen and oxygen atoms in total. The quantitative estimate of drug-likeness (QED) is 0.653. The molecule has 0 bridgehead atoms. The van der Waals surface area contributed by atoms with Crippen LogP contribution in [0.15, 0.2) is 42.5 Å². The summed E-state index contributed by atoms with van der Waals surface area (Å²) in [5.74, 6) is 1.92. The summed E-state index contributed by atoms with van der Waals surface area (Å²) < 4.78 is 10.9. The SMILES string of the molecule is CCOc1ccccc1CCCNC(=O)CCc1ccc(OC)c(C)c1. The highest BCUT2D eigenvalue weighted by Crippen LogP contribution is 2.20. The number of para-hydroxylation sites is 1. The van der Waals surface area contributed by atoms with E-state index < -0.39 is 0 Å². The standard InChI is InChI=1S/C22H29NO3/c1-4-26-21-10-6-5-8-19(21)9-7-15-23-22(24)14-12-18-11-13-20(25-3)17(2)16-18/h5-6,8,10-11,13,16H,4,7,9,12,14-15H2,1-3H3,(H,23,24). The lowest BCUT2D eigenvalue weighted by atomic mass is 10.1. The van der Waals surface area contributed by atoms with Crippen molar-refractivity contribution in [2.24, 2.45) is 0 Å². The Morgan fingerprint density at radius 2 is 1.88 bits per heavy atom. The lowest BCUT2D eigenvalue weighted by Gasteiger charge is -2.10. The molecule has 0 fully saturated rings. The van der Waals surface area contributed by atoms with Crippen LogP contribution in [-0.4, -0.2) is 26.2 Å². The van der Waals surface area contributed by atoms with Crippen molar-refractivity contribution in [1.82, 2.24) is 5.32 Å². The fourth-order valence-corrected chi connectivity index (χ4v) is 2.96. The zero-order valence-corrected chi connectivity index (χ0v) is 16.0. The maximum atomic E-state index is 12.0. The van der Waals surface area contributed by atoms with Crippen LogP contribution >= 0.6 is 0 Å². The second kappa shape index (κ2) is 10.5. The minimum Gasteiger partial charge on any atom is -0.496 e. The molecule has 0 aliphatic heterocycles. The van der Waals surface area contributed by atoms with Crippen LogP contribution in [0.1, 0.15) is 36.5 Å². The normalized spacial score (nSPS) is 10.4. The molecule has 26 heavy (non-hydrogen) atoms. The van der Waals surface area contributed by atoms with Gasteiger partial charge < -0.3 is 14.8 Å². The van der Waals surface area contributed by atoms with Crippen molar-refractivity contribution < 1.29 is 14.3 Å². The molecule has 2 aromatic rings. The highest BCUT2D eigenvalue weighted by molar-refractivity contribution is 5.76. The minimum absolute atomic E-state index is 0.0940. The second-order valence-electron chi connectivity index (χ2n) is 6.30. The van der Waals surface area contributed by atoms with Crippen LogP contribution < -0.4 is 14.8 Å². The first-order chi connectivity index (χ1) is 12.6. The summed E-state index contributed by atoms with van der Waals surface area (Å²) in [5, 5.41) is 3.01. The molecule has 0 radical (unpaired) electrons.